The maximum atomic E-state index is 4.46. The van der Waals surface area contributed by atoms with E-state index in [1.807, 2.05) is 19.2 Å². The highest BCUT2D eigenvalue weighted by molar-refractivity contribution is 5.86. The fourth-order valence-corrected chi connectivity index (χ4v) is 2.08. The molecule has 0 radical (unpaired) electrons. The van der Waals surface area contributed by atoms with E-state index < -0.39 is 0 Å². The third-order valence-electron chi connectivity index (χ3n) is 3.11. The van der Waals surface area contributed by atoms with Crippen molar-refractivity contribution in [3.63, 3.8) is 0 Å². The van der Waals surface area contributed by atoms with Gasteiger partial charge in [-0.2, -0.15) is 0 Å². The fraction of sp³-hybridized carbons (Fsp3) is 0.200. The lowest BCUT2D eigenvalue weighted by molar-refractivity contribution is 1.05. The Hall–Kier alpha value is -2.36. The van der Waals surface area contributed by atoms with E-state index in [0.717, 1.165) is 29.2 Å². The number of fused-ring (bicyclic) bond motifs is 1. The van der Waals surface area contributed by atoms with Crippen molar-refractivity contribution in [1.29, 1.82) is 0 Å². The Balaban J connectivity index is 1.85. The van der Waals surface area contributed by atoms with Gasteiger partial charge in [0.15, 0.2) is 0 Å². The highest BCUT2D eigenvalue weighted by Crippen LogP contribution is 2.19. The van der Waals surface area contributed by atoms with E-state index in [4.69, 9.17) is 0 Å². The zero-order valence-corrected chi connectivity index (χ0v) is 11.1. The summed E-state index contributed by atoms with van der Waals surface area (Å²) in [4.78, 5) is 11.9. The topological polar surface area (TPSA) is 53.6 Å². The van der Waals surface area contributed by atoms with Crippen LogP contribution in [0, 0.1) is 13.8 Å². The molecular formula is C15H16N4. The molecule has 0 spiro atoms. The predicted octanol–water partition coefficient (Wildman–Crippen LogP) is 3.19. The van der Waals surface area contributed by atoms with Crippen LogP contribution in [0.4, 0.5) is 5.82 Å². The van der Waals surface area contributed by atoms with Crippen molar-refractivity contribution in [3.05, 3.63) is 53.5 Å². The maximum absolute atomic E-state index is 4.46. The molecule has 96 valence electrons. The first-order valence-corrected chi connectivity index (χ1v) is 6.33. The molecule has 19 heavy (non-hydrogen) atoms. The van der Waals surface area contributed by atoms with Crippen LogP contribution in [0.25, 0.3) is 11.0 Å². The molecule has 0 aliphatic heterocycles. The van der Waals surface area contributed by atoms with Crippen LogP contribution in [0.2, 0.25) is 0 Å². The van der Waals surface area contributed by atoms with Gasteiger partial charge in [0.2, 0.25) is 0 Å². The number of nitrogens with zero attached hydrogens (tertiary/aromatic N) is 2. The molecule has 0 amide bonds. The molecule has 1 aromatic carbocycles. The van der Waals surface area contributed by atoms with Crippen molar-refractivity contribution in [3.8, 4) is 0 Å². The third kappa shape index (κ3) is 2.42. The van der Waals surface area contributed by atoms with Crippen LogP contribution >= 0.6 is 0 Å². The largest absolute Gasteiger partial charge is 0.365 e. The zero-order valence-electron chi connectivity index (χ0n) is 11.1. The SMILES string of the molecule is Cc1ccc(CNc2nc(C)nc3[nH]ccc23)cc1. The minimum Gasteiger partial charge on any atom is -0.365 e. The Morgan fingerprint density at radius 2 is 1.84 bits per heavy atom. The van der Waals surface area contributed by atoms with Crippen LogP contribution in [0.1, 0.15) is 17.0 Å². The lowest BCUT2D eigenvalue weighted by Crippen LogP contribution is -2.03. The number of aromatic amines is 1. The van der Waals surface area contributed by atoms with Gasteiger partial charge in [-0.3, -0.25) is 0 Å². The number of benzene rings is 1. The van der Waals surface area contributed by atoms with Gasteiger partial charge >= 0.3 is 0 Å². The van der Waals surface area contributed by atoms with E-state index in [-0.39, 0.29) is 0 Å². The summed E-state index contributed by atoms with van der Waals surface area (Å²) in [6.45, 7) is 4.75. The van der Waals surface area contributed by atoms with Crippen molar-refractivity contribution < 1.29 is 0 Å². The Kier molecular flexibility index (Phi) is 2.91. The normalized spacial score (nSPS) is 10.8. The van der Waals surface area contributed by atoms with Crippen LogP contribution < -0.4 is 5.32 Å². The van der Waals surface area contributed by atoms with Gasteiger partial charge in [0.1, 0.15) is 17.3 Å². The molecule has 0 unspecified atom stereocenters. The van der Waals surface area contributed by atoms with E-state index in [0.29, 0.717) is 0 Å². The summed E-state index contributed by atoms with van der Waals surface area (Å²) < 4.78 is 0. The lowest BCUT2D eigenvalue weighted by Gasteiger charge is -2.08. The van der Waals surface area contributed by atoms with E-state index in [2.05, 4.69) is 51.5 Å². The number of aryl methyl sites for hydroxylation is 2. The van der Waals surface area contributed by atoms with Crippen molar-refractivity contribution in [1.82, 2.24) is 15.0 Å². The number of aromatic nitrogens is 3. The molecule has 0 saturated carbocycles. The highest BCUT2D eigenvalue weighted by atomic mass is 15.0. The van der Waals surface area contributed by atoms with Gasteiger partial charge in [0.05, 0.1) is 5.39 Å². The number of anilines is 1. The van der Waals surface area contributed by atoms with E-state index >= 15 is 0 Å². The number of hydrogen-bond donors (Lipinski definition) is 2. The molecule has 4 heteroatoms. The summed E-state index contributed by atoms with van der Waals surface area (Å²) in [6, 6.07) is 10.5. The molecule has 0 bridgehead atoms. The van der Waals surface area contributed by atoms with Crippen LogP contribution in [-0.2, 0) is 6.54 Å². The van der Waals surface area contributed by atoms with Gasteiger partial charge < -0.3 is 10.3 Å². The molecule has 0 aliphatic rings. The first-order valence-electron chi connectivity index (χ1n) is 6.33. The number of nitrogens with one attached hydrogen (secondary N) is 2. The summed E-state index contributed by atoms with van der Waals surface area (Å²) in [6.07, 6.45) is 1.88. The molecule has 4 nitrogen and oxygen atoms in total. The van der Waals surface area contributed by atoms with E-state index in [1.165, 1.54) is 11.1 Å². The second kappa shape index (κ2) is 4.72. The van der Waals surface area contributed by atoms with Gasteiger partial charge in [-0.05, 0) is 25.5 Å². The average molecular weight is 252 g/mol. The molecule has 0 fully saturated rings. The zero-order chi connectivity index (χ0) is 13.2. The van der Waals surface area contributed by atoms with Gasteiger partial charge in [-0.15, -0.1) is 0 Å². The standard InChI is InChI=1S/C15H16N4/c1-10-3-5-12(6-4-10)9-17-15-13-7-8-16-14(13)18-11(2)19-15/h3-8H,9H2,1-2H3,(H2,16,17,18,19). The van der Waals surface area contributed by atoms with Gasteiger partial charge in [0.25, 0.3) is 0 Å². The average Bonchev–Trinajstić information content (AvgIpc) is 2.85. The van der Waals surface area contributed by atoms with Crippen molar-refractivity contribution in [2.75, 3.05) is 5.32 Å². The first kappa shape index (κ1) is 11.7. The first-order chi connectivity index (χ1) is 9.22. The van der Waals surface area contributed by atoms with Crippen LogP contribution in [0.15, 0.2) is 36.5 Å². The summed E-state index contributed by atoms with van der Waals surface area (Å²) >= 11 is 0. The molecular weight excluding hydrogens is 236 g/mol. The minimum atomic E-state index is 0.761. The number of rotatable bonds is 3. The fourth-order valence-electron chi connectivity index (χ4n) is 2.08. The van der Waals surface area contributed by atoms with Crippen molar-refractivity contribution >= 4 is 16.9 Å². The Labute approximate surface area is 111 Å². The quantitative estimate of drug-likeness (QED) is 0.752. The third-order valence-corrected chi connectivity index (χ3v) is 3.11. The molecule has 0 aliphatic carbocycles. The van der Waals surface area contributed by atoms with E-state index in [1.54, 1.807) is 0 Å². The monoisotopic (exact) mass is 252 g/mol. The Bertz CT molecular complexity index is 698. The summed E-state index contributed by atoms with van der Waals surface area (Å²) in [5, 5.41) is 4.40. The summed E-state index contributed by atoms with van der Waals surface area (Å²) in [7, 11) is 0. The number of H-pyrrole nitrogens is 1. The van der Waals surface area contributed by atoms with Crippen molar-refractivity contribution in [2.45, 2.75) is 20.4 Å². The molecule has 0 atom stereocenters. The number of hydrogen-bond acceptors (Lipinski definition) is 3. The van der Waals surface area contributed by atoms with E-state index in [9.17, 15) is 0 Å². The Morgan fingerprint density at radius 3 is 2.63 bits per heavy atom. The Morgan fingerprint density at radius 1 is 1.05 bits per heavy atom. The van der Waals surface area contributed by atoms with Crippen LogP contribution in [-0.4, -0.2) is 15.0 Å². The molecule has 2 aromatic heterocycles. The highest BCUT2D eigenvalue weighted by Gasteiger charge is 2.06. The summed E-state index contributed by atoms with van der Waals surface area (Å²) in [5.74, 6) is 1.64. The van der Waals surface area contributed by atoms with Crippen LogP contribution in [0.5, 0.6) is 0 Å². The van der Waals surface area contributed by atoms with Gasteiger partial charge in [0, 0.05) is 12.7 Å². The lowest BCUT2D eigenvalue weighted by atomic mass is 10.1. The second-order valence-corrected chi connectivity index (χ2v) is 4.70. The smallest absolute Gasteiger partial charge is 0.143 e. The predicted molar refractivity (Wildman–Crippen MR) is 77.1 cm³/mol. The molecule has 3 aromatic rings. The molecule has 2 N–H and O–H groups in total. The summed E-state index contributed by atoms with van der Waals surface area (Å²) in [5.41, 5.74) is 3.39. The minimum absolute atomic E-state index is 0.761. The van der Waals surface area contributed by atoms with Crippen LogP contribution in [0.3, 0.4) is 0 Å². The maximum Gasteiger partial charge on any atom is 0.143 e. The van der Waals surface area contributed by atoms with Gasteiger partial charge in [-0.25, -0.2) is 9.97 Å². The van der Waals surface area contributed by atoms with Crippen molar-refractivity contribution in [2.24, 2.45) is 0 Å². The molecule has 0 saturated heterocycles. The molecule has 2 heterocycles. The second-order valence-electron chi connectivity index (χ2n) is 4.70. The van der Waals surface area contributed by atoms with Gasteiger partial charge in [-0.1, -0.05) is 29.8 Å². The molecule has 3 rings (SSSR count).